The van der Waals surface area contributed by atoms with E-state index in [2.05, 4.69) is 4.98 Å². The third kappa shape index (κ3) is 2.16. The van der Waals surface area contributed by atoms with E-state index in [-0.39, 0.29) is 6.54 Å². The molecule has 0 amide bonds. The Kier molecular flexibility index (Phi) is 3.39. The van der Waals surface area contributed by atoms with Gasteiger partial charge in [-0.2, -0.15) is 0 Å². The summed E-state index contributed by atoms with van der Waals surface area (Å²) in [6.45, 7) is -0.327. The minimum Gasteiger partial charge on any atom is -0.322 e. The van der Waals surface area contributed by atoms with Gasteiger partial charge in [0, 0.05) is 12.3 Å². The molecule has 1 aromatic carbocycles. The molecule has 0 N–H and O–H groups in total. The number of hydrogen-bond donors (Lipinski definition) is 0. The summed E-state index contributed by atoms with van der Waals surface area (Å²) in [4.78, 5) is 4.30. The first-order valence-electron chi connectivity index (χ1n) is 5.00. The number of aryl methyl sites for hydroxylation is 1. The monoisotopic (exact) mass is 244 g/mol. The zero-order valence-corrected chi connectivity index (χ0v) is 9.29. The molecule has 5 heteroatoms. The van der Waals surface area contributed by atoms with Crippen molar-refractivity contribution in [2.75, 3.05) is 5.88 Å². The quantitative estimate of drug-likeness (QED) is 0.756. The zero-order chi connectivity index (χ0) is 11.5. The highest BCUT2D eigenvalue weighted by Crippen LogP contribution is 2.18. The van der Waals surface area contributed by atoms with Gasteiger partial charge in [-0.15, -0.1) is 11.6 Å². The molecule has 16 heavy (non-hydrogen) atoms. The van der Waals surface area contributed by atoms with Crippen LogP contribution in [-0.4, -0.2) is 21.9 Å². The Morgan fingerprint density at radius 3 is 2.75 bits per heavy atom. The number of fused-ring (bicyclic) bond motifs is 1. The third-order valence-electron chi connectivity index (χ3n) is 2.37. The molecule has 86 valence electrons. The molecule has 0 aliphatic carbocycles. The van der Waals surface area contributed by atoms with Crippen molar-refractivity contribution < 1.29 is 8.78 Å². The zero-order valence-electron chi connectivity index (χ0n) is 8.54. The maximum Gasteiger partial charge on any atom is 0.256 e. The number of nitrogens with zero attached hydrogens (tertiary/aromatic N) is 2. The summed E-state index contributed by atoms with van der Waals surface area (Å²) in [5, 5.41) is 0. The Labute approximate surface area is 96.8 Å². The Morgan fingerprint density at radius 1 is 1.31 bits per heavy atom. The van der Waals surface area contributed by atoms with E-state index in [1.165, 1.54) is 0 Å². The number of halogens is 3. The first-order valence-corrected chi connectivity index (χ1v) is 5.54. The van der Waals surface area contributed by atoms with Gasteiger partial charge < -0.3 is 4.57 Å². The van der Waals surface area contributed by atoms with E-state index in [9.17, 15) is 8.78 Å². The Bertz CT molecular complexity index is 482. The minimum atomic E-state index is -2.38. The molecule has 0 atom stereocenters. The van der Waals surface area contributed by atoms with Crippen molar-refractivity contribution in [3.63, 3.8) is 0 Å². The van der Waals surface area contributed by atoms with Gasteiger partial charge in [0.15, 0.2) is 0 Å². The van der Waals surface area contributed by atoms with Crippen LogP contribution in [0.15, 0.2) is 24.3 Å². The Morgan fingerprint density at radius 2 is 2.06 bits per heavy atom. The fraction of sp³-hybridized carbons (Fsp3) is 0.364. The molecule has 2 aromatic rings. The fourth-order valence-corrected chi connectivity index (χ4v) is 1.91. The van der Waals surface area contributed by atoms with Crippen LogP contribution in [0.25, 0.3) is 11.0 Å². The normalized spacial score (nSPS) is 11.5. The van der Waals surface area contributed by atoms with Crippen molar-refractivity contribution in [2.45, 2.75) is 19.4 Å². The summed E-state index contributed by atoms with van der Waals surface area (Å²) in [6, 6.07) is 7.26. The van der Waals surface area contributed by atoms with Gasteiger partial charge in [0.25, 0.3) is 6.43 Å². The smallest absolute Gasteiger partial charge is 0.256 e. The third-order valence-corrected chi connectivity index (χ3v) is 2.56. The first-order chi connectivity index (χ1) is 7.72. The Balaban J connectivity index is 2.50. The van der Waals surface area contributed by atoms with Gasteiger partial charge in [-0.1, -0.05) is 12.1 Å². The lowest BCUT2D eigenvalue weighted by molar-refractivity contribution is 0.127. The van der Waals surface area contributed by atoms with Gasteiger partial charge >= 0.3 is 0 Å². The molecule has 2 nitrogen and oxygen atoms in total. The van der Waals surface area contributed by atoms with E-state index in [0.29, 0.717) is 18.1 Å². The number of benzene rings is 1. The van der Waals surface area contributed by atoms with E-state index < -0.39 is 6.43 Å². The molecule has 0 radical (unpaired) electrons. The van der Waals surface area contributed by atoms with Gasteiger partial charge in [-0.25, -0.2) is 13.8 Å². The van der Waals surface area contributed by atoms with Crippen molar-refractivity contribution in [3.8, 4) is 0 Å². The second-order valence-corrected chi connectivity index (χ2v) is 3.84. The second kappa shape index (κ2) is 4.78. The predicted octanol–water partition coefficient (Wildman–Crippen LogP) is 3.08. The molecule has 0 unspecified atom stereocenters. The Hall–Kier alpha value is -1.16. The molecular formula is C11H11ClF2N2. The topological polar surface area (TPSA) is 17.8 Å². The standard InChI is InChI=1S/C11H11ClF2N2/c12-6-5-11-15-8-3-1-2-4-9(8)16(11)7-10(13)14/h1-4,10H,5-7H2. The van der Waals surface area contributed by atoms with Crippen LogP contribution in [0.2, 0.25) is 0 Å². The number of alkyl halides is 3. The predicted molar refractivity (Wildman–Crippen MR) is 60.2 cm³/mol. The average Bonchev–Trinajstić information content (AvgIpc) is 2.57. The number of imidazole rings is 1. The number of rotatable bonds is 4. The molecule has 0 bridgehead atoms. The van der Waals surface area contributed by atoms with Gasteiger partial charge in [0.1, 0.15) is 5.82 Å². The van der Waals surface area contributed by atoms with E-state index in [0.717, 1.165) is 11.0 Å². The summed E-state index contributed by atoms with van der Waals surface area (Å²) >= 11 is 5.63. The SMILES string of the molecule is FC(F)Cn1c(CCCl)nc2ccccc21. The van der Waals surface area contributed by atoms with Crippen molar-refractivity contribution >= 4 is 22.6 Å². The summed E-state index contributed by atoms with van der Waals surface area (Å²) in [6.07, 6.45) is -1.88. The number of para-hydroxylation sites is 2. The van der Waals surface area contributed by atoms with E-state index in [1.807, 2.05) is 18.2 Å². The number of hydrogen-bond acceptors (Lipinski definition) is 1. The van der Waals surface area contributed by atoms with E-state index in [1.54, 1.807) is 10.6 Å². The van der Waals surface area contributed by atoms with Crippen molar-refractivity contribution in [1.29, 1.82) is 0 Å². The lowest BCUT2D eigenvalue weighted by atomic mass is 10.3. The molecule has 0 saturated carbocycles. The highest BCUT2D eigenvalue weighted by molar-refractivity contribution is 6.17. The van der Waals surface area contributed by atoms with E-state index >= 15 is 0 Å². The molecule has 0 fully saturated rings. The van der Waals surface area contributed by atoms with Crippen LogP contribution >= 0.6 is 11.6 Å². The van der Waals surface area contributed by atoms with Crippen LogP contribution in [0.4, 0.5) is 8.78 Å². The van der Waals surface area contributed by atoms with Crippen molar-refractivity contribution in [2.24, 2.45) is 0 Å². The van der Waals surface area contributed by atoms with Crippen LogP contribution in [0, 0.1) is 0 Å². The highest BCUT2D eigenvalue weighted by Gasteiger charge is 2.13. The van der Waals surface area contributed by atoms with Crippen molar-refractivity contribution in [1.82, 2.24) is 9.55 Å². The summed E-state index contributed by atoms with van der Waals surface area (Å²) in [7, 11) is 0. The van der Waals surface area contributed by atoms with Gasteiger partial charge in [0.2, 0.25) is 0 Å². The van der Waals surface area contributed by atoms with Gasteiger partial charge in [-0.05, 0) is 12.1 Å². The van der Waals surface area contributed by atoms with Crippen molar-refractivity contribution in [3.05, 3.63) is 30.1 Å². The second-order valence-electron chi connectivity index (χ2n) is 3.46. The largest absolute Gasteiger partial charge is 0.322 e. The lowest BCUT2D eigenvalue weighted by Crippen LogP contribution is -2.10. The summed E-state index contributed by atoms with van der Waals surface area (Å²) in [5.74, 6) is 1.00. The molecule has 0 aliphatic heterocycles. The van der Waals surface area contributed by atoms with Gasteiger partial charge in [-0.3, -0.25) is 0 Å². The van der Waals surface area contributed by atoms with E-state index in [4.69, 9.17) is 11.6 Å². The first kappa shape index (κ1) is 11.3. The van der Waals surface area contributed by atoms with Gasteiger partial charge in [0.05, 0.1) is 17.6 Å². The summed E-state index contributed by atoms with van der Waals surface area (Å²) < 4.78 is 26.5. The molecule has 1 aromatic heterocycles. The van der Waals surface area contributed by atoms with Crippen LogP contribution in [0.1, 0.15) is 5.82 Å². The summed E-state index contributed by atoms with van der Waals surface area (Å²) in [5.41, 5.74) is 1.48. The van der Waals surface area contributed by atoms with Crippen LogP contribution in [0.3, 0.4) is 0 Å². The van der Waals surface area contributed by atoms with Crippen LogP contribution in [-0.2, 0) is 13.0 Å². The molecule has 0 spiro atoms. The lowest BCUT2D eigenvalue weighted by Gasteiger charge is -2.07. The molecule has 0 saturated heterocycles. The fourth-order valence-electron chi connectivity index (χ4n) is 1.74. The minimum absolute atomic E-state index is 0.327. The molecule has 2 rings (SSSR count). The highest BCUT2D eigenvalue weighted by atomic mass is 35.5. The molecular weight excluding hydrogens is 234 g/mol. The maximum atomic E-state index is 12.5. The maximum absolute atomic E-state index is 12.5. The van der Waals surface area contributed by atoms with Crippen LogP contribution in [0.5, 0.6) is 0 Å². The average molecular weight is 245 g/mol. The molecule has 1 heterocycles. The number of aromatic nitrogens is 2. The molecule has 0 aliphatic rings. The van der Waals surface area contributed by atoms with Crippen LogP contribution < -0.4 is 0 Å².